The zero-order valence-electron chi connectivity index (χ0n) is 13.0. The number of sulfonamides is 1. The van der Waals surface area contributed by atoms with Crippen LogP contribution in [0.2, 0.25) is 0 Å². The monoisotopic (exact) mass is 352 g/mol. The molecule has 0 aliphatic carbocycles. The summed E-state index contributed by atoms with van der Waals surface area (Å²) in [7, 11) is -3.42. The van der Waals surface area contributed by atoms with Crippen molar-refractivity contribution in [2.45, 2.75) is 17.9 Å². The Balaban J connectivity index is 0.00000192. The molecule has 0 radical (unpaired) electrons. The van der Waals surface area contributed by atoms with Gasteiger partial charge in [-0.05, 0) is 30.2 Å². The van der Waals surface area contributed by atoms with Crippen molar-refractivity contribution < 1.29 is 8.42 Å². The number of nitrogens with one attached hydrogen (secondary N) is 1. The van der Waals surface area contributed by atoms with E-state index >= 15 is 0 Å². The molecule has 2 aromatic rings. The highest BCUT2D eigenvalue weighted by atomic mass is 35.5. The van der Waals surface area contributed by atoms with Crippen molar-refractivity contribution in [2.24, 2.45) is 0 Å². The van der Waals surface area contributed by atoms with Crippen molar-refractivity contribution in [1.82, 2.24) is 9.62 Å². The van der Waals surface area contributed by atoms with E-state index in [9.17, 15) is 8.42 Å². The minimum absolute atomic E-state index is 0. The van der Waals surface area contributed by atoms with Crippen LogP contribution < -0.4 is 5.32 Å². The van der Waals surface area contributed by atoms with Crippen LogP contribution in [0.1, 0.15) is 6.92 Å². The van der Waals surface area contributed by atoms with E-state index in [2.05, 4.69) is 5.32 Å². The summed E-state index contributed by atoms with van der Waals surface area (Å²) in [6, 6.07) is 17.1. The lowest BCUT2D eigenvalue weighted by Gasteiger charge is -2.32. The molecule has 23 heavy (non-hydrogen) atoms. The average Bonchev–Trinajstić information content (AvgIpc) is 2.56. The molecule has 1 atom stereocenters. The topological polar surface area (TPSA) is 49.4 Å². The number of piperazine rings is 1. The van der Waals surface area contributed by atoms with E-state index in [4.69, 9.17) is 0 Å². The molecule has 0 spiro atoms. The zero-order valence-corrected chi connectivity index (χ0v) is 14.6. The highest BCUT2D eigenvalue weighted by molar-refractivity contribution is 7.89. The lowest BCUT2D eigenvalue weighted by atomic mass is 10.1. The van der Waals surface area contributed by atoms with Gasteiger partial charge in [0, 0.05) is 25.7 Å². The normalized spacial score (nSPS) is 19.1. The van der Waals surface area contributed by atoms with Gasteiger partial charge in [-0.15, -0.1) is 12.4 Å². The maximum atomic E-state index is 12.7. The second kappa shape index (κ2) is 7.45. The summed E-state index contributed by atoms with van der Waals surface area (Å²) < 4.78 is 27.1. The van der Waals surface area contributed by atoms with Crippen molar-refractivity contribution in [2.75, 3.05) is 19.6 Å². The van der Waals surface area contributed by atoms with E-state index in [0.717, 1.165) is 11.1 Å². The smallest absolute Gasteiger partial charge is 0.243 e. The summed E-state index contributed by atoms with van der Waals surface area (Å²) in [6.07, 6.45) is 0. The molecule has 1 N–H and O–H groups in total. The molecule has 1 saturated heterocycles. The second-order valence-corrected chi connectivity index (χ2v) is 7.45. The number of nitrogens with zero attached hydrogens (tertiary/aromatic N) is 1. The Morgan fingerprint density at radius 3 is 2.22 bits per heavy atom. The Morgan fingerprint density at radius 1 is 1.00 bits per heavy atom. The van der Waals surface area contributed by atoms with Crippen LogP contribution in [0, 0.1) is 0 Å². The van der Waals surface area contributed by atoms with Gasteiger partial charge >= 0.3 is 0 Å². The predicted molar refractivity (Wildman–Crippen MR) is 95.3 cm³/mol. The molecule has 1 fully saturated rings. The molecule has 1 aliphatic heterocycles. The highest BCUT2D eigenvalue weighted by Crippen LogP contribution is 2.24. The summed E-state index contributed by atoms with van der Waals surface area (Å²) in [4.78, 5) is 0.362. The van der Waals surface area contributed by atoms with Gasteiger partial charge in [-0.2, -0.15) is 4.31 Å². The van der Waals surface area contributed by atoms with Crippen molar-refractivity contribution in [3.63, 3.8) is 0 Å². The third-order valence-corrected chi connectivity index (χ3v) is 6.04. The van der Waals surface area contributed by atoms with Gasteiger partial charge in [0.2, 0.25) is 10.0 Å². The summed E-state index contributed by atoms with van der Waals surface area (Å²) >= 11 is 0. The van der Waals surface area contributed by atoms with Crippen LogP contribution in [-0.2, 0) is 10.0 Å². The molecule has 1 aliphatic rings. The van der Waals surface area contributed by atoms with E-state index in [-0.39, 0.29) is 18.4 Å². The van der Waals surface area contributed by atoms with E-state index in [1.54, 1.807) is 16.4 Å². The lowest BCUT2D eigenvalue weighted by Crippen LogP contribution is -2.52. The van der Waals surface area contributed by atoms with Gasteiger partial charge in [-0.1, -0.05) is 42.5 Å². The van der Waals surface area contributed by atoms with E-state index in [1.165, 1.54) is 0 Å². The van der Waals surface area contributed by atoms with E-state index < -0.39 is 10.0 Å². The standard InChI is InChI=1S/C17H20N2O2S.ClH/c1-14-13-18-11-12-19(14)22(20,21)17-9-7-16(8-10-17)15-5-3-2-4-6-15;/h2-10,14,18H,11-13H2,1H3;1H. The Kier molecular flexibility index (Phi) is 5.81. The fraction of sp³-hybridized carbons (Fsp3) is 0.294. The summed E-state index contributed by atoms with van der Waals surface area (Å²) in [5.74, 6) is 0. The minimum atomic E-state index is -3.42. The number of halogens is 1. The zero-order chi connectivity index (χ0) is 15.6. The molecule has 0 bridgehead atoms. The van der Waals surface area contributed by atoms with Gasteiger partial charge in [0.05, 0.1) is 4.90 Å². The Hall–Kier alpha value is -1.40. The molecule has 124 valence electrons. The van der Waals surface area contributed by atoms with Crippen molar-refractivity contribution in [3.8, 4) is 11.1 Å². The lowest BCUT2D eigenvalue weighted by molar-refractivity contribution is 0.284. The number of rotatable bonds is 3. The number of benzene rings is 2. The van der Waals surface area contributed by atoms with Crippen LogP contribution in [0.25, 0.3) is 11.1 Å². The van der Waals surface area contributed by atoms with Gasteiger partial charge in [0.25, 0.3) is 0 Å². The Labute approximate surface area is 144 Å². The third-order valence-electron chi connectivity index (χ3n) is 4.01. The molecule has 6 heteroatoms. The first-order valence-corrected chi connectivity index (χ1v) is 8.91. The molecule has 2 aromatic carbocycles. The quantitative estimate of drug-likeness (QED) is 0.924. The Morgan fingerprint density at radius 2 is 1.61 bits per heavy atom. The van der Waals surface area contributed by atoms with Crippen molar-refractivity contribution in [1.29, 1.82) is 0 Å². The predicted octanol–water partition coefficient (Wildman–Crippen LogP) is 2.76. The first-order chi connectivity index (χ1) is 10.6. The van der Waals surface area contributed by atoms with Gasteiger partial charge in [-0.25, -0.2) is 8.42 Å². The SMILES string of the molecule is CC1CNCCN1S(=O)(=O)c1ccc(-c2ccccc2)cc1.Cl. The third kappa shape index (κ3) is 3.75. The molecular formula is C17H21ClN2O2S. The Bertz CT molecular complexity index is 733. The fourth-order valence-electron chi connectivity index (χ4n) is 2.76. The second-order valence-electron chi connectivity index (χ2n) is 5.56. The molecular weight excluding hydrogens is 332 g/mol. The van der Waals surface area contributed by atoms with Crippen molar-refractivity contribution >= 4 is 22.4 Å². The fourth-order valence-corrected chi connectivity index (χ4v) is 4.40. The summed E-state index contributed by atoms with van der Waals surface area (Å²) in [5, 5.41) is 3.21. The van der Waals surface area contributed by atoms with Gasteiger partial charge in [0.1, 0.15) is 0 Å². The maximum Gasteiger partial charge on any atom is 0.243 e. The summed E-state index contributed by atoms with van der Waals surface area (Å²) in [5.41, 5.74) is 2.11. The number of hydrogen-bond donors (Lipinski definition) is 1. The van der Waals surface area contributed by atoms with Crippen LogP contribution >= 0.6 is 12.4 Å². The molecule has 3 rings (SSSR count). The van der Waals surface area contributed by atoms with Gasteiger partial charge in [0.15, 0.2) is 0 Å². The largest absolute Gasteiger partial charge is 0.314 e. The highest BCUT2D eigenvalue weighted by Gasteiger charge is 2.30. The molecule has 0 saturated carbocycles. The van der Waals surface area contributed by atoms with Crippen LogP contribution in [0.15, 0.2) is 59.5 Å². The maximum absolute atomic E-state index is 12.7. The number of hydrogen-bond acceptors (Lipinski definition) is 3. The first kappa shape index (κ1) is 17.9. The molecule has 1 heterocycles. The average molecular weight is 353 g/mol. The van der Waals surface area contributed by atoms with E-state index in [0.29, 0.717) is 24.5 Å². The van der Waals surface area contributed by atoms with E-state index in [1.807, 2.05) is 49.4 Å². The van der Waals surface area contributed by atoms with Crippen molar-refractivity contribution in [3.05, 3.63) is 54.6 Å². The summed E-state index contributed by atoms with van der Waals surface area (Å²) in [6.45, 7) is 3.85. The first-order valence-electron chi connectivity index (χ1n) is 7.47. The van der Waals surface area contributed by atoms with Crippen LogP contribution in [-0.4, -0.2) is 38.4 Å². The molecule has 1 unspecified atom stereocenters. The molecule has 4 nitrogen and oxygen atoms in total. The van der Waals surface area contributed by atoms with Crippen LogP contribution in [0.5, 0.6) is 0 Å². The minimum Gasteiger partial charge on any atom is -0.314 e. The van der Waals surface area contributed by atoms with Gasteiger partial charge < -0.3 is 5.32 Å². The van der Waals surface area contributed by atoms with Gasteiger partial charge in [-0.3, -0.25) is 0 Å². The van der Waals surface area contributed by atoms with Crippen LogP contribution in [0.3, 0.4) is 0 Å². The molecule has 0 amide bonds. The molecule has 0 aromatic heterocycles. The van der Waals surface area contributed by atoms with Crippen LogP contribution in [0.4, 0.5) is 0 Å².